The minimum atomic E-state index is 0.142. The topological polar surface area (TPSA) is 38.1 Å². The van der Waals surface area contributed by atoms with Gasteiger partial charge in [0.2, 0.25) is 5.95 Å². The second kappa shape index (κ2) is 6.17. The van der Waals surface area contributed by atoms with Gasteiger partial charge >= 0.3 is 0 Å². The average Bonchev–Trinajstić information content (AvgIpc) is 2.93. The van der Waals surface area contributed by atoms with Gasteiger partial charge in [0.15, 0.2) is 0 Å². The summed E-state index contributed by atoms with van der Waals surface area (Å²) in [7, 11) is 0. The van der Waals surface area contributed by atoms with Crippen LogP contribution in [0, 0.1) is 5.92 Å². The van der Waals surface area contributed by atoms with Crippen LogP contribution in [-0.2, 0) is 12.8 Å². The van der Waals surface area contributed by atoms with Gasteiger partial charge < -0.3 is 4.90 Å². The van der Waals surface area contributed by atoms with Crippen molar-refractivity contribution in [3.63, 3.8) is 0 Å². The molecule has 1 fully saturated rings. The Kier molecular flexibility index (Phi) is 4.15. The van der Waals surface area contributed by atoms with Crippen LogP contribution in [0.5, 0.6) is 0 Å². The van der Waals surface area contributed by atoms with Crippen molar-refractivity contribution in [1.82, 2.24) is 9.55 Å². The molecule has 3 heterocycles. The highest BCUT2D eigenvalue weighted by Crippen LogP contribution is 2.35. The molecule has 0 N–H and O–H groups in total. The normalized spacial score (nSPS) is 19.2. The van der Waals surface area contributed by atoms with Crippen molar-refractivity contribution in [1.29, 1.82) is 0 Å². The first kappa shape index (κ1) is 16.1. The van der Waals surface area contributed by atoms with Gasteiger partial charge in [-0.1, -0.05) is 6.92 Å². The van der Waals surface area contributed by atoms with Crippen molar-refractivity contribution in [2.75, 3.05) is 18.0 Å². The van der Waals surface area contributed by atoms with Crippen molar-refractivity contribution in [2.45, 2.75) is 65.3 Å². The summed E-state index contributed by atoms with van der Waals surface area (Å²) in [5, 5.41) is 0.914. The maximum atomic E-state index is 13.3. The molecule has 0 radical (unpaired) electrons. The Balaban J connectivity index is 1.90. The third-order valence-electron chi connectivity index (χ3n) is 5.59. The summed E-state index contributed by atoms with van der Waals surface area (Å²) in [6, 6.07) is 0.142. The monoisotopic (exact) mass is 345 g/mol. The number of hydrogen-bond donors (Lipinski definition) is 0. The molecule has 24 heavy (non-hydrogen) atoms. The molecule has 1 aliphatic heterocycles. The van der Waals surface area contributed by atoms with Crippen LogP contribution in [0.25, 0.3) is 10.2 Å². The number of thiophene rings is 1. The van der Waals surface area contributed by atoms with Crippen LogP contribution < -0.4 is 10.5 Å². The zero-order valence-corrected chi connectivity index (χ0v) is 15.8. The van der Waals surface area contributed by atoms with Crippen molar-refractivity contribution in [3.05, 3.63) is 20.8 Å². The van der Waals surface area contributed by atoms with E-state index in [1.807, 2.05) is 4.57 Å². The number of nitrogens with zero attached hydrogens (tertiary/aromatic N) is 3. The molecule has 0 aromatic carbocycles. The van der Waals surface area contributed by atoms with Crippen LogP contribution in [-0.4, -0.2) is 22.6 Å². The molecule has 1 aliphatic carbocycles. The van der Waals surface area contributed by atoms with E-state index in [9.17, 15) is 4.79 Å². The molecule has 0 spiro atoms. The molecule has 2 aromatic heterocycles. The molecular weight excluding hydrogens is 318 g/mol. The van der Waals surface area contributed by atoms with E-state index < -0.39 is 0 Å². The molecule has 4 rings (SSSR count). The minimum absolute atomic E-state index is 0.142. The molecule has 0 bridgehead atoms. The van der Waals surface area contributed by atoms with Crippen LogP contribution in [0.15, 0.2) is 4.79 Å². The third-order valence-corrected chi connectivity index (χ3v) is 6.77. The van der Waals surface area contributed by atoms with Gasteiger partial charge in [-0.25, -0.2) is 4.98 Å². The molecule has 4 nitrogen and oxygen atoms in total. The molecule has 0 unspecified atom stereocenters. The lowest BCUT2D eigenvalue weighted by atomic mass is 9.97. The van der Waals surface area contributed by atoms with Gasteiger partial charge in [-0.05, 0) is 63.9 Å². The van der Waals surface area contributed by atoms with Gasteiger partial charge in [-0.2, -0.15) is 0 Å². The lowest BCUT2D eigenvalue weighted by Crippen LogP contribution is -2.38. The predicted octanol–water partition coefficient (Wildman–Crippen LogP) is 4.15. The summed E-state index contributed by atoms with van der Waals surface area (Å²) in [5.41, 5.74) is 1.48. The Morgan fingerprint density at radius 1 is 1.17 bits per heavy atom. The second-order valence-electron chi connectivity index (χ2n) is 7.74. The molecule has 2 aromatic rings. The van der Waals surface area contributed by atoms with Gasteiger partial charge in [0.25, 0.3) is 5.56 Å². The fourth-order valence-corrected chi connectivity index (χ4v) is 5.35. The first-order chi connectivity index (χ1) is 11.6. The van der Waals surface area contributed by atoms with E-state index in [-0.39, 0.29) is 11.6 Å². The lowest BCUT2D eigenvalue weighted by molar-refractivity contribution is 0.425. The number of piperidine rings is 1. The number of fused-ring (bicyclic) bond motifs is 3. The van der Waals surface area contributed by atoms with E-state index in [0.717, 1.165) is 48.0 Å². The Hall–Kier alpha value is -1.36. The quantitative estimate of drug-likeness (QED) is 0.820. The average molecular weight is 346 g/mol. The number of anilines is 1. The van der Waals surface area contributed by atoms with Gasteiger partial charge in [0.1, 0.15) is 4.83 Å². The molecule has 130 valence electrons. The predicted molar refractivity (Wildman–Crippen MR) is 102 cm³/mol. The summed E-state index contributed by atoms with van der Waals surface area (Å²) >= 11 is 1.76. The van der Waals surface area contributed by atoms with Gasteiger partial charge in [0.05, 0.1) is 5.39 Å². The van der Waals surface area contributed by atoms with E-state index in [1.54, 1.807) is 11.3 Å². The van der Waals surface area contributed by atoms with Crippen molar-refractivity contribution in [2.24, 2.45) is 5.92 Å². The Morgan fingerprint density at radius 3 is 2.58 bits per heavy atom. The van der Waals surface area contributed by atoms with Crippen LogP contribution in [0.1, 0.15) is 62.9 Å². The Morgan fingerprint density at radius 2 is 1.88 bits per heavy atom. The molecule has 0 amide bonds. The summed E-state index contributed by atoms with van der Waals surface area (Å²) in [4.78, 5) is 23.1. The highest BCUT2D eigenvalue weighted by atomic mass is 32.1. The highest BCUT2D eigenvalue weighted by Gasteiger charge is 2.26. The van der Waals surface area contributed by atoms with Crippen molar-refractivity contribution >= 4 is 27.5 Å². The zero-order chi connectivity index (χ0) is 16.8. The SMILES string of the molecule is CC1CCN(c2nc3sc4c(c3c(=O)n2C(C)C)CCCC4)CC1. The van der Waals surface area contributed by atoms with Crippen LogP contribution >= 0.6 is 11.3 Å². The highest BCUT2D eigenvalue weighted by molar-refractivity contribution is 7.18. The summed E-state index contributed by atoms with van der Waals surface area (Å²) in [6.07, 6.45) is 6.99. The van der Waals surface area contributed by atoms with Gasteiger partial charge in [0, 0.05) is 24.0 Å². The fourth-order valence-electron chi connectivity index (χ4n) is 4.10. The minimum Gasteiger partial charge on any atom is -0.342 e. The fraction of sp³-hybridized carbons (Fsp3) is 0.684. The van der Waals surface area contributed by atoms with Crippen LogP contribution in [0.3, 0.4) is 0 Å². The molecule has 1 saturated heterocycles. The Bertz CT molecular complexity index is 812. The number of aromatic nitrogens is 2. The number of hydrogen-bond acceptors (Lipinski definition) is 4. The van der Waals surface area contributed by atoms with E-state index in [0.29, 0.717) is 0 Å². The van der Waals surface area contributed by atoms with Gasteiger partial charge in [-0.3, -0.25) is 9.36 Å². The van der Waals surface area contributed by atoms with Crippen LogP contribution in [0.2, 0.25) is 0 Å². The Labute approximate surface area is 147 Å². The maximum absolute atomic E-state index is 13.3. The second-order valence-corrected chi connectivity index (χ2v) is 8.82. The summed E-state index contributed by atoms with van der Waals surface area (Å²) in [5.74, 6) is 1.67. The molecule has 0 saturated carbocycles. The number of rotatable bonds is 2. The van der Waals surface area contributed by atoms with Crippen LogP contribution in [0.4, 0.5) is 5.95 Å². The lowest BCUT2D eigenvalue weighted by Gasteiger charge is -2.33. The molecule has 0 atom stereocenters. The summed E-state index contributed by atoms with van der Waals surface area (Å²) in [6.45, 7) is 8.54. The van der Waals surface area contributed by atoms with E-state index >= 15 is 0 Å². The van der Waals surface area contributed by atoms with Crippen molar-refractivity contribution in [3.8, 4) is 0 Å². The standard InChI is InChI=1S/C19H27N3OS/c1-12(2)22-18(23)16-14-6-4-5-7-15(14)24-17(16)20-19(22)21-10-8-13(3)9-11-21/h12-13H,4-11H2,1-3H3. The molecular formula is C19H27N3OS. The first-order valence-corrected chi connectivity index (χ1v) is 10.2. The first-order valence-electron chi connectivity index (χ1n) is 9.38. The summed E-state index contributed by atoms with van der Waals surface area (Å²) < 4.78 is 1.94. The van der Waals surface area contributed by atoms with Crippen molar-refractivity contribution < 1.29 is 0 Å². The van der Waals surface area contributed by atoms with E-state index in [2.05, 4.69) is 25.7 Å². The van der Waals surface area contributed by atoms with E-state index in [1.165, 1.54) is 36.1 Å². The van der Waals surface area contributed by atoms with E-state index in [4.69, 9.17) is 4.98 Å². The number of aryl methyl sites for hydroxylation is 2. The van der Waals surface area contributed by atoms with Gasteiger partial charge in [-0.15, -0.1) is 11.3 Å². The molecule has 2 aliphatic rings. The largest absolute Gasteiger partial charge is 0.342 e. The smallest absolute Gasteiger partial charge is 0.264 e. The molecule has 5 heteroatoms. The third kappa shape index (κ3) is 2.57. The maximum Gasteiger partial charge on any atom is 0.264 e. The zero-order valence-electron chi connectivity index (χ0n) is 15.0.